The molecule has 0 radical (unpaired) electrons. The molecule has 2 aromatic rings. The van der Waals surface area contributed by atoms with E-state index in [1.165, 1.54) is 12.1 Å². The van der Waals surface area contributed by atoms with Crippen molar-refractivity contribution in [2.75, 3.05) is 5.32 Å². The fourth-order valence-electron chi connectivity index (χ4n) is 1.31. The Morgan fingerprint density at radius 3 is 2.84 bits per heavy atom. The number of amides is 1. The lowest BCUT2D eigenvalue weighted by atomic mass is 10.2. The van der Waals surface area contributed by atoms with Gasteiger partial charge in [-0.25, -0.2) is 0 Å². The van der Waals surface area contributed by atoms with Crippen molar-refractivity contribution in [2.45, 2.75) is 6.92 Å². The van der Waals surface area contributed by atoms with E-state index in [1.54, 1.807) is 6.92 Å². The molecule has 1 heterocycles. The van der Waals surface area contributed by atoms with Crippen LogP contribution >= 0.6 is 11.6 Å². The molecule has 0 atom stereocenters. The fourth-order valence-corrected chi connectivity index (χ4v) is 1.52. The van der Waals surface area contributed by atoms with E-state index >= 15 is 0 Å². The van der Waals surface area contributed by atoms with E-state index in [4.69, 9.17) is 16.1 Å². The Kier molecular flexibility index (Phi) is 3.43. The number of non-ortho nitro benzene ring substituents is 1. The number of benzene rings is 1. The fraction of sp³-hybridized carbons (Fsp3) is 0.100. The standard InChI is InChI=1S/C10H7ClN4O4/c1-5-12-10(19-14-5)13-9(16)7-4-6(15(17)18)2-3-8(7)11/h2-4H,1H3,(H,12,13,14,16). The Hall–Kier alpha value is -2.48. The Morgan fingerprint density at radius 1 is 1.53 bits per heavy atom. The summed E-state index contributed by atoms with van der Waals surface area (Å²) in [6.07, 6.45) is 0. The highest BCUT2D eigenvalue weighted by Gasteiger charge is 2.17. The number of nitrogens with zero attached hydrogens (tertiary/aromatic N) is 3. The number of nitro groups is 1. The first-order valence-electron chi connectivity index (χ1n) is 5.03. The van der Waals surface area contributed by atoms with Crippen LogP contribution in [0.4, 0.5) is 11.7 Å². The van der Waals surface area contributed by atoms with Crippen LogP contribution < -0.4 is 5.32 Å². The molecule has 98 valence electrons. The summed E-state index contributed by atoms with van der Waals surface area (Å²) in [6, 6.07) is 3.44. The number of carbonyl (C=O) groups excluding carboxylic acids is 1. The molecule has 0 aliphatic rings. The third kappa shape index (κ3) is 2.86. The molecule has 2 rings (SSSR count). The van der Waals surface area contributed by atoms with E-state index < -0.39 is 10.8 Å². The minimum atomic E-state index is -0.669. The molecule has 0 bridgehead atoms. The number of hydrogen-bond donors (Lipinski definition) is 1. The lowest BCUT2D eigenvalue weighted by molar-refractivity contribution is -0.384. The van der Waals surface area contributed by atoms with Gasteiger partial charge in [0, 0.05) is 12.1 Å². The SMILES string of the molecule is Cc1noc(NC(=O)c2cc([N+](=O)[O-])ccc2Cl)n1. The first kappa shape index (κ1) is 13.0. The highest BCUT2D eigenvalue weighted by atomic mass is 35.5. The molecule has 0 spiro atoms. The smallest absolute Gasteiger partial charge is 0.315 e. The summed E-state index contributed by atoms with van der Waals surface area (Å²) >= 11 is 5.82. The van der Waals surface area contributed by atoms with E-state index in [-0.39, 0.29) is 22.3 Å². The molecule has 1 aromatic carbocycles. The number of aromatic nitrogens is 2. The summed E-state index contributed by atoms with van der Waals surface area (Å²) in [6.45, 7) is 1.58. The van der Waals surface area contributed by atoms with Crippen LogP contribution in [0.5, 0.6) is 0 Å². The highest BCUT2D eigenvalue weighted by molar-refractivity contribution is 6.34. The lowest BCUT2D eigenvalue weighted by Crippen LogP contribution is -2.13. The van der Waals surface area contributed by atoms with E-state index in [9.17, 15) is 14.9 Å². The number of carbonyl (C=O) groups is 1. The first-order valence-corrected chi connectivity index (χ1v) is 5.41. The second-order valence-electron chi connectivity index (χ2n) is 3.52. The van der Waals surface area contributed by atoms with Gasteiger partial charge in [-0.05, 0) is 13.0 Å². The average molecular weight is 283 g/mol. The maximum atomic E-state index is 11.9. The minimum Gasteiger partial charge on any atom is -0.315 e. The lowest BCUT2D eigenvalue weighted by Gasteiger charge is -2.02. The van der Waals surface area contributed by atoms with Crippen molar-refractivity contribution in [3.05, 3.63) is 44.7 Å². The van der Waals surface area contributed by atoms with Crippen LogP contribution in [-0.4, -0.2) is 21.0 Å². The summed E-state index contributed by atoms with van der Waals surface area (Å²) in [5.41, 5.74) is -0.289. The zero-order valence-electron chi connectivity index (χ0n) is 9.58. The van der Waals surface area contributed by atoms with Gasteiger partial charge in [0.15, 0.2) is 5.82 Å². The Balaban J connectivity index is 2.27. The molecular weight excluding hydrogens is 276 g/mol. The maximum absolute atomic E-state index is 11.9. The molecule has 1 amide bonds. The number of hydrogen-bond acceptors (Lipinski definition) is 6. The topological polar surface area (TPSA) is 111 Å². The molecule has 0 saturated carbocycles. The summed E-state index contributed by atoms with van der Waals surface area (Å²) in [5, 5.41) is 16.5. The van der Waals surface area contributed by atoms with Crippen molar-refractivity contribution in [3.8, 4) is 0 Å². The monoisotopic (exact) mass is 282 g/mol. The van der Waals surface area contributed by atoms with Gasteiger partial charge in [0.1, 0.15) is 0 Å². The molecule has 8 nitrogen and oxygen atoms in total. The molecule has 9 heteroatoms. The molecule has 0 aliphatic carbocycles. The van der Waals surface area contributed by atoms with Crippen molar-refractivity contribution < 1.29 is 14.2 Å². The molecule has 0 fully saturated rings. The van der Waals surface area contributed by atoms with Crippen molar-refractivity contribution >= 4 is 29.2 Å². The Bertz CT molecular complexity index is 655. The number of nitro benzene ring substituents is 1. The number of aryl methyl sites for hydroxylation is 1. The van der Waals surface area contributed by atoms with Crippen molar-refractivity contribution in [1.82, 2.24) is 10.1 Å². The molecule has 0 saturated heterocycles. The van der Waals surface area contributed by atoms with E-state index in [0.29, 0.717) is 5.82 Å². The third-order valence-electron chi connectivity index (χ3n) is 2.15. The molecule has 1 aromatic heterocycles. The second-order valence-corrected chi connectivity index (χ2v) is 3.93. The molecule has 19 heavy (non-hydrogen) atoms. The normalized spacial score (nSPS) is 10.2. The third-order valence-corrected chi connectivity index (χ3v) is 2.48. The Labute approximate surface area is 111 Å². The number of nitrogens with one attached hydrogen (secondary N) is 1. The predicted octanol–water partition coefficient (Wildman–Crippen LogP) is 2.19. The van der Waals surface area contributed by atoms with E-state index in [1.807, 2.05) is 0 Å². The first-order chi connectivity index (χ1) is 8.97. The zero-order valence-corrected chi connectivity index (χ0v) is 10.3. The number of rotatable bonds is 3. The van der Waals surface area contributed by atoms with Gasteiger partial charge in [-0.1, -0.05) is 16.8 Å². The van der Waals surface area contributed by atoms with Crippen molar-refractivity contribution in [3.63, 3.8) is 0 Å². The summed E-state index contributed by atoms with van der Waals surface area (Å²) in [7, 11) is 0. The van der Waals surface area contributed by atoms with Gasteiger partial charge in [0.25, 0.3) is 11.6 Å². The van der Waals surface area contributed by atoms with Crippen LogP contribution in [-0.2, 0) is 0 Å². The molecule has 0 unspecified atom stereocenters. The Morgan fingerprint density at radius 2 is 2.26 bits per heavy atom. The van der Waals surface area contributed by atoms with Gasteiger partial charge in [0.05, 0.1) is 15.5 Å². The van der Waals surface area contributed by atoms with Crippen molar-refractivity contribution in [2.24, 2.45) is 0 Å². The second kappa shape index (κ2) is 5.02. The van der Waals surface area contributed by atoms with Crippen LogP contribution in [0.3, 0.4) is 0 Å². The maximum Gasteiger partial charge on any atom is 0.328 e. The highest BCUT2D eigenvalue weighted by Crippen LogP contribution is 2.22. The molecule has 1 N–H and O–H groups in total. The van der Waals surface area contributed by atoms with E-state index in [0.717, 1.165) is 6.07 Å². The van der Waals surface area contributed by atoms with Gasteiger partial charge in [0.2, 0.25) is 0 Å². The summed E-state index contributed by atoms with van der Waals surface area (Å²) < 4.78 is 4.70. The van der Waals surface area contributed by atoms with Gasteiger partial charge >= 0.3 is 6.01 Å². The van der Waals surface area contributed by atoms with Crippen LogP contribution in [0.15, 0.2) is 22.7 Å². The van der Waals surface area contributed by atoms with Crippen LogP contribution in [0.25, 0.3) is 0 Å². The van der Waals surface area contributed by atoms with Gasteiger partial charge in [-0.2, -0.15) is 4.98 Å². The molecule has 0 aliphatic heterocycles. The summed E-state index contributed by atoms with van der Waals surface area (Å²) in [4.78, 5) is 25.7. The van der Waals surface area contributed by atoms with Crippen LogP contribution in [0.2, 0.25) is 5.02 Å². The van der Waals surface area contributed by atoms with Crippen LogP contribution in [0.1, 0.15) is 16.2 Å². The predicted molar refractivity (Wildman–Crippen MR) is 65.1 cm³/mol. The number of halogens is 1. The largest absolute Gasteiger partial charge is 0.328 e. The molecular formula is C10H7ClN4O4. The average Bonchev–Trinajstić information content (AvgIpc) is 2.74. The zero-order chi connectivity index (χ0) is 14.0. The summed E-state index contributed by atoms with van der Waals surface area (Å²) in [5.74, 6) is -0.321. The van der Waals surface area contributed by atoms with Gasteiger partial charge in [-0.3, -0.25) is 20.2 Å². The van der Waals surface area contributed by atoms with Gasteiger partial charge in [-0.15, -0.1) is 0 Å². The minimum absolute atomic E-state index is 0.0493. The van der Waals surface area contributed by atoms with Gasteiger partial charge < -0.3 is 4.52 Å². The van der Waals surface area contributed by atoms with Crippen LogP contribution in [0, 0.1) is 17.0 Å². The quantitative estimate of drug-likeness (QED) is 0.682. The van der Waals surface area contributed by atoms with E-state index in [2.05, 4.69) is 15.5 Å². The van der Waals surface area contributed by atoms with Crippen molar-refractivity contribution in [1.29, 1.82) is 0 Å². The number of anilines is 1.